The molecular formula is C19H18N8O. The van der Waals surface area contributed by atoms with Crippen LogP contribution in [-0.2, 0) is 4.79 Å². The highest BCUT2D eigenvalue weighted by atomic mass is 16.1. The third kappa shape index (κ3) is 3.00. The summed E-state index contributed by atoms with van der Waals surface area (Å²) in [6.07, 6.45) is 5.46. The van der Waals surface area contributed by atoms with Crippen LogP contribution in [0.3, 0.4) is 0 Å². The molecule has 0 aliphatic heterocycles. The van der Waals surface area contributed by atoms with Gasteiger partial charge >= 0.3 is 0 Å². The van der Waals surface area contributed by atoms with Gasteiger partial charge in [0.2, 0.25) is 5.91 Å². The van der Waals surface area contributed by atoms with Gasteiger partial charge in [-0.3, -0.25) is 9.89 Å². The van der Waals surface area contributed by atoms with Crippen molar-refractivity contribution in [3.8, 4) is 5.69 Å². The van der Waals surface area contributed by atoms with Crippen LogP contribution in [0.15, 0.2) is 42.9 Å². The fourth-order valence-electron chi connectivity index (χ4n) is 3.15. The number of benzene rings is 1. The summed E-state index contributed by atoms with van der Waals surface area (Å²) >= 11 is 0. The summed E-state index contributed by atoms with van der Waals surface area (Å²) in [6, 6.07) is 9.54. The van der Waals surface area contributed by atoms with Gasteiger partial charge in [0.15, 0.2) is 17.0 Å². The Morgan fingerprint density at radius 3 is 2.89 bits per heavy atom. The van der Waals surface area contributed by atoms with E-state index in [0.29, 0.717) is 22.9 Å². The molecule has 1 fully saturated rings. The minimum atomic E-state index is -0.315. The molecule has 3 aromatic heterocycles. The summed E-state index contributed by atoms with van der Waals surface area (Å²) in [6.45, 7) is 1.87. The molecule has 140 valence electrons. The maximum atomic E-state index is 12.6. The zero-order chi connectivity index (χ0) is 19.1. The van der Waals surface area contributed by atoms with Crippen LogP contribution >= 0.6 is 0 Å². The van der Waals surface area contributed by atoms with Crippen LogP contribution in [0.1, 0.15) is 42.9 Å². The van der Waals surface area contributed by atoms with Gasteiger partial charge in [0.25, 0.3) is 0 Å². The third-order valence-corrected chi connectivity index (χ3v) is 5.01. The molecule has 9 heteroatoms. The number of amides is 1. The van der Waals surface area contributed by atoms with Crippen molar-refractivity contribution < 1.29 is 4.79 Å². The molecule has 0 saturated heterocycles. The lowest BCUT2D eigenvalue weighted by atomic mass is 10.00. The van der Waals surface area contributed by atoms with E-state index in [2.05, 4.69) is 35.8 Å². The Morgan fingerprint density at radius 1 is 1.29 bits per heavy atom. The van der Waals surface area contributed by atoms with Crippen molar-refractivity contribution in [2.24, 2.45) is 0 Å². The zero-order valence-corrected chi connectivity index (χ0v) is 15.2. The van der Waals surface area contributed by atoms with E-state index >= 15 is 0 Å². The number of carbonyl (C=O) groups is 1. The molecule has 1 aliphatic rings. The lowest BCUT2D eigenvalue weighted by Gasteiger charge is -2.12. The van der Waals surface area contributed by atoms with Crippen molar-refractivity contribution in [1.82, 2.24) is 35.2 Å². The summed E-state index contributed by atoms with van der Waals surface area (Å²) in [7, 11) is 0. The third-order valence-electron chi connectivity index (χ3n) is 5.01. The number of aromatic nitrogens is 7. The number of carbonyl (C=O) groups excluding carboxylic acids is 1. The SMILES string of the molecule is CC(C(=O)Nc1cc(C2CC2)[nH]n1)c1ccc(-n2nnc3cncnc32)cc1. The molecule has 1 saturated carbocycles. The Morgan fingerprint density at radius 2 is 2.11 bits per heavy atom. The van der Waals surface area contributed by atoms with E-state index in [1.54, 1.807) is 10.9 Å². The molecule has 2 N–H and O–H groups in total. The van der Waals surface area contributed by atoms with Crippen LogP contribution in [0.4, 0.5) is 5.82 Å². The van der Waals surface area contributed by atoms with E-state index in [1.165, 1.54) is 19.2 Å². The normalized spacial score (nSPS) is 14.9. The predicted octanol–water partition coefficient (Wildman–Crippen LogP) is 2.55. The van der Waals surface area contributed by atoms with Crippen LogP contribution < -0.4 is 5.32 Å². The maximum Gasteiger partial charge on any atom is 0.232 e. The fourth-order valence-corrected chi connectivity index (χ4v) is 3.15. The molecule has 28 heavy (non-hydrogen) atoms. The molecule has 0 spiro atoms. The Hall–Kier alpha value is -3.62. The first-order valence-electron chi connectivity index (χ1n) is 9.17. The Bertz CT molecular complexity index is 1140. The molecule has 5 rings (SSSR count). The molecule has 9 nitrogen and oxygen atoms in total. The summed E-state index contributed by atoms with van der Waals surface area (Å²) in [4.78, 5) is 20.8. The second-order valence-corrected chi connectivity index (χ2v) is 7.02. The van der Waals surface area contributed by atoms with E-state index < -0.39 is 0 Å². The molecule has 0 radical (unpaired) electrons. The van der Waals surface area contributed by atoms with Crippen LogP contribution in [0.5, 0.6) is 0 Å². The van der Waals surface area contributed by atoms with Crippen molar-refractivity contribution in [3.05, 3.63) is 54.1 Å². The molecular weight excluding hydrogens is 356 g/mol. The maximum absolute atomic E-state index is 12.6. The van der Waals surface area contributed by atoms with E-state index in [-0.39, 0.29) is 11.8 Å². The van der Waals surface area contributed by atoms with Gasteiger partial charge in [-0.15, -0.1) is 5.10 Å². The van der Waals surface area contributed by atoms with Gasteiger partial charge in [-0.2, -0.15) is 9.78 Å². The summed E-state index contributed by atoms with van der Waals surface area (Å²) < 4.78 is 1.65. The average Bonchev–Trinajstić information content (AvgIpc) is 3.32. The van der Waals surface area contributed by atoms with Crippen LogP contribution in [0.25, 0.3) is 16.9 Å². The second kappa shape index (κ2) is 6.52. The monoisotopic (exact) mass is 374 g/mol. The predicted molar refractivity (Wildman–Crippen MR) is 102 cm³/mol. The Balaban J connectivity index is 1.32. The van der Waals surface area contributed by atoms with Crippen LogP contribution in [-0.4, -0.2) is 41.1 Å². The smallest absolute Gasteiger partial charge is 0.232 e. The molecule has 1 unspecified atom stereocenters. The molecule has 1 atom stereocenters. The molecule has 0 bridgehead atoms. The van der Waals surface area contributed by atoms with E-state index in [4.69, 9.17) is 0 Å². The number of rotatable bonds is 5. The lowest BCUT2D eigenvalue weighted by Crippen LogP contribution is -2.19. The van der Waals surface area contributed by atoms with E-state index in [1.807, 2.05) is 37.3 Å². The minimum absolute atomic E-state index is 0.0967. The van der Waals surface area contributed by atoms with E-state index in [0.717, 1.165) is 16.9 Å². The number of H-pyrrole nitrogens is 1. The fraction of sp³-hybridized carbons (Fsp3) is 0.263. The number of hydrogen-bond donors (Lipinski definition) is 2. The van der Waals surface area contributed by atoms with Gasteiger partial charge in [0.05, 0.1) is 17.8 Å². The number of nitrogens with zero attached hydrogens (tertiary/aromatic N) is 6. The van der Waals surface area contributed by atoms with Crippen LogP contribution in [0, 0.1) is 0 Å². The van der Waals surface area contributed by atoms with Gasteiger partial charge in [-0.1, -0.05) is 17.3 Å². The number of fused-ring (bicyclic) bond motifs is 1. The van der Waals surface area contributed by atoms with Gasteiger partial charge in [-0.25, -0.2) is 9.97 Å². The highest BCUT2D eigenvalue weighted by Gasteiger charge is 2.26. The van der Waals surface area contributed by atoms with Gasteiger partial charge in [0.1, 0.15) is 6.33 Å². The first kappa shape index (κ1) is 16.5. The highest BCUT2D eigenvalue weighted by Crippen LogP contribution is 2.39. The number of nitrogens with one attached hydrogen (secondary N) is 2. The first-order chi connectivity index (χ1) is 13.7. The van der Waals surface area contributed by atoms with Gasteiger partial charge < -0.3 is 5.32 Å². The lowest BCUT2D eigenvalue weighted by molar-refractivity contribution is -0.117. The quantitative estimate of drug-likeness (QED) is 0.555. The van der Waals surface area contributed by atoms with Crippen molar-refractivity contribution in [1.29, 1.82) is 0 Å². The van der Waals surface area contributed by atoms with Crippen molar-refractivity contribution in [2.45, 2.75) is 31.6 Å². The Kier molecular flexibility index (Phi) is 3.85. The van der Waals surface area contributed by atoms with Gasteiger partial charge in [-0.05, 0) is 37.5 Å². The number of aromatic amines is 1. The highest BCUT2D eigenvalue weighted by molar-refractivity contribution is 5.94. The topological polar surface area (TPSA) is 114 Å². The zero-order valence-electron chi connectivity index (χ0n) is 15.2. The molecule has 4 aromatic rings. The Labute approximate surface area is 160 Å². The first-order valence-corrected chi connectivity index (χ1v) is 9.17. The average molecular weight is 374 g/mol. The minimum Gasteiger partial charge on any atom is -0.309 e. The second-order valence-electron chi connectivity index (χ2n) is 7.02. The van der Waals surface area contributed by atoms with Crippen molar-refractivity contribution in [2.75, 3.05) is 5.32 Å². The standard InChI is InChI=1S/C19H18N8O/c1-11(19(28)22-17-8-15(23-25-17)13-2-3-13)12-4-6-14(7-5-12)27-18-16(24-26-27)9-20-10-21-18/h4-11,13H,2-3H2,1H3,(H2,22,23,25,28). The van der Waals surface area contributed by atoms with Crippen molar-refractivity contribution in [3.63, 3.8) is 0 Å². The summed E-state index contributed by atoms with van der Waals surface area (Å²) in [5, 5.41) is 18.3. The molecule has 3 heterocycles. The number of anilines is 1. The van der Waals surface area contributed by atoms with Crippen LogP contribution in [0.2, 0.25) is 0 Å². The molecule has 1 aliphatic carbocycles. The van der Waals surface area contributed by atoms with Gasteiger partial charge in [0, 0.05) is 17.7 Å². The summed E-state index contributed by atoms with van der Waals surface area (Å²) in [5.41, 5.74) is 4.08. The molecule has 1 amide bonds. The van der Waals surface area contributed by atoms with Crippen molar-refractivity contribution >= 4 is 22.9 Å². The largest absolute Gasteiger partial charge is 0.309 e. The van der Waals surface area contributed by atoms with E-state index in [9.17, 15) is 4.79 Å². The molecule has 1 aromatic carbocycles. The number of hydrogen-bond acceptors (Lipinski definition) is 6. The summed E-state index contributed by atoms with van der Waals surface area (Å²) in [5.74, 6) is 0.732.